The molecule has 1 atom stereocenters. The van der Waals surface area contributed by atoms with Crippen molar-refractivity contribution in [2.24, 2.45) is 0 Å². The van der Waals surface area contributed by atoms with Crippen LogP contribution in [0.25, 0.3) is 0 Å². The van der Waals surface area contributed by atoms with Crippen molar-refractivity contribution in [1.29, 1.82) is 0 Å². The fraction of sp³-hybridized carbons (Fsp3) is 0.409. The molecule has 0 aliphatic rings. The fourth-order valence-electron chi connectivity index (χ4n) is 2.89. The molecule has 0 spiro atoms. The van der Waals surface area contributed by atoms with Gasteiger partial charge < -0.3 is 5.32 Å². The molecule has 2 aromatic rings. The van der Waals surface area contributed by atoms with E-state index in [1.54, 1.807) is 0 Å². The van der Waals surface area contributed by atoms with E-state index in [2.05, 4.69) is 76.3 Å². The second-order valence-corrected chi connectivity index (χ2v) is 6.79. The summed E-state index contributed by atoms with van der Waals surface area (Å²) in [6, 6.07) is 13.0. The van der Waals surface area contributed by atoms with E-state index in [0.717, 1.165) is 12.8 Å². The number of aryl methyl sites for hydroxylation is 5. The Balaban J connectivity index is 1.96. The first kappa shape index (κ1) is 18.3. The summed E-state index contributed by atoms with van der Waals surface area (Å²) in [5.74, 6) is 0.123. The maximum atomic E-state index is 12.4. The van der Waals surface area contributed by atoms with Gasteiger partial charge in [-0.3, -0.25) is 4.79 Å². The summed E-state index contributed by atoms with van der Waals surface area (Å²) >= 11 is 0. The number of carbonyl (C=O) groups excluding carboxylic acids is 1. The number of hydrogen-bond donors (Lipinski definition) is 1. The minimum Gasteiger partial charge on any atom is -0.349 e. The molecule has 0 unspecified atom stereocenters. The highest BCUT2D eigenvalue weighted by molar-refractivity contribution is 5.76. The average molecular weight is 323 g/mol. The number of amides is 1. The van der Waals surface area contributed by atoms with Gasteiger partial charge in [-0.2, -0.15) is 0 Å². The van der Waals surface area contributed by atoms with Gasteiger partial charge in [0.15, 0.2) is 0 Å². The minimum atomic E-state index is 0.0940. The first-order valence-electron chi connectivity index (χ1n) is 8.83. The summed E-state index contributed by atoms with van der Waals surface area (Å²) in [7, 11) is 0. The highest BCUT2D eigenvalue weighted by atomic mass is 16.1. The van der Waals surface area contributed by atoms with Gasteiger partial charge >= 0.3 is 0 Å². The Kier molecular flexibility index (Phi) is 6.19. The molecule has 0 aliphatic carbocycles. The lowest BCUT2D eigenvalue weighted by Gasteiger charge is -2.19. The minimum absolute atomic E-state index is 0.0940. The number of carbonyl (C=O) groups is 1. The van der Waals surface area contributed by atoms with Gasteiger partial charge in [0.25, 0.3) is 0 Å². The molecule has 24 heavy (non-hydrogen) atoms. The molecule has 2 aromatic carbocycles. The van der Waals surface area contributed by atoms with E-state index in [0.29, 0.717) is 6.42 Å². The summed E-state index contributed by atoms with van der Waals surface area (Å²) in [4.78, 5) is 12.4. The summed E-state index contributed by atoms with van der Waals surface area (Å²) < 4.78 is 0. The van der Waals surface area contributed by atoms with E-state index in [-0.39, 0.29) is 11.9 Å². The fourth-order valence-corrected chi connectivity index (χ4v) is 2.89. The van der Waals surface area contributed by atoms with Crippen molar-refractivity contribution in [3.05, 3.63) is 69.8 Å². The van der Waals surface area contributed by atoms with Crippen LogP contribution >= 0.6 is 0 Å². The van der Waals surface area contributed by atoms with Crippen molar-refractivity contribution in [3.8, 4) is 0 Å². The van der Waals surface area contributed by atoms with Crippen molar-refractivity contribution >= 4 is 5.91 Å². The first-order chi connectivity index (χ1) is 11.4. The lowest BCUT2D eigenvalue weighted by molar-refractivity contribution is -0.121. The quantitative estimate of drug-likeness (QED) is 0.785. The number of benzene rings is 2. The summed E-state index contributed by atoms with van der Waals surface area (Å²) in [5, 5.41) is 3.19. The summed E-state index contributed by atoms with van der Waals surface area (Å²) in [6.45, 7) is 10.6. The van der Waals surface area contributed by atoms with Gasteiger partial charge in [-0.05, 0) is 73.9 Å². The third kappa shape index (κ3) is 4.70. The topological polar surface area (TPSA) is 29.1 Å². The standard InChI is InChI=1S/C22H29NO/c1-6-21(20-11-8-16(3)18(5)14-20)23-22(24)12-10-19-9-7-15(2)17(4)13-19/h7-9,11,13-14,21H,6,10,12H2,1-5H3,(H,23,24)/t21-/m0/s1. The maximum Gasteiger partial charge on any atom is 0.220 e. The van der Waals surface area contributed by atoms with Crippen LogP contribution in [0.5, 0.6) is 0 Å². The third-order valence-electron chi connectivity index (χ3n) is 4.89. The molecule has 2 heteroatoms. The van der Waals surface area contributed by atoms with E-state index < -0.39 is 0 Å². The lowest BCUT2D eigenvalue weighted by Crippen LogP contribution is -2.28. The lowest BCUT2D eigenvalue weighted by atomic mass is 9.99. The third-order valence-corrected chi connectivity index (χ3v) is 4.89. The van der Waals surface area contributed by atoms with E-state index >= 15 is 0 Å². The van der Waals surface area contributed by atoms with Crippen LogP contribution in [0, 0.1) is 27.7 Å². The Morgan fingerprint density at radius 3 is 2.12 bits per heavy atom. The molecule has 2 rings (SSSR count). The Morgan fingerprint density at radius 2 is 1.54 bits per heavy atom. The molecular weight excluding hydrogens is 294 g/mol. The molecule has 0 fully saturated rings. The van der Waals surface area contributed by atoms with Crippen molar-refractivity contribution in [3.63, 3.8) is 0 Å². The van der Waals surface area contributed by atoms with Gasteiger partial charge in [0, 0.05) is 6.42 Å². The van der Waals surface area contributed by atoms with Crippen LogP contribution in [-0.4, -0.2) is 5.91 Å². The van der Waals surface area contributed by atoms with Crippen LogP contribution in [0.15, 0.2) is 36.4 Å². The molecule has 2 nitrogen and oxygen atoms in total. The highest BCUT2D eigenvalue weighted by Gasteiger charge is 2.13. The van der Waals surface area contributed by atoms with E-state index in [1.807, 2.05) is 0 Å². The van der Waals surface area contributed by atoms with Crippen molar-refractivity contribution in [1.82, 2.24) is 5.32 Å². The largest absolute Gasteiger partial charge is 0.349 e. The number of hydrogen-bond acceptors (Lipinski definition) is 1. The molecule has 0 saturated heterocycles. The SMILES string of the molecule is CC[C@H](NC(=O)CCc1ccc(C)c(C)c1)c1ccc(C)c(C)c1. The normalized spacial score (nSPS) is 12.0. The number of rotatable bonds is 6. The van der Waals surface area contributed by atoms with E-state index in [9.17, 15) is 4.79 Å². The molecule has 0 radical (unpaired) electrons. The maximum absolute atomic E-state index is 12.4. The van der Waals surface area contributed by atoms with Crippen LogP contribution in [0.2, 0.25) is 0 Å². The van der Waals surface area contributed by atoms with Crippen LogP contribution in [0.4, 0.5) is 0 Å². The molecule has 0 aromatic heterocycles. The zero-order valence-corrected chi connectivity index (χ0v) is 15.6. The van der Waals surface area contributed by atoms with E-state index in [4.69, 9.17) is 0 Å². The molecule has 0 heterocycles. The zero-order chi connectivity index (χ0) is 17.7. The first-order valence-corrected chi connectivity index (χ1v) is 8.83. The van der Waals surface area contributed by atoms with Crippen LogP contribution in [0.1, 0.15) is 59.2 Å². The zero-order valence-electron chi connectivity index (χ0n) is 15.6. The van der Waals surface area contributed by atoms with Crippen molar-refractivity contribution < 1.29 is 4.79 Å². The van der Waals surface area contributed by atoms with Gasteiger partial charge in [0.05, 0.1) is 6.04 Å². The molecule has 0 aliphatic heterocycles. The predicted octanol–water partition coefficient (Wildman–Crippen LogP) is 5.12. The summed E-state index contributed by atoms with van der Waals surface area (Å²) in [6.07, 6.45) is 2.22. The molecule has 1 N–H and O–H groups in total. The van der Waals surface area contributed by atoms with Gasteiger partial charge in [-0.25, -0.2) is 0 Å². The molecule has 128 valence electrons. The second kappa shape index (κ2) is 8.14. The van der Waals surface area contributed by atoms with Gasteiger partial charge in [0.2, 0.25) is 5.91 Å². The Morgan fingerprint density at radius 1 is 0.917 bits per heavy atom. The summed E-state index contributed by atoms with van der Waals surface area (Å²) in [5.41, 5.74) is 7.57. The molecule has 1 amide bonds. The molecule has 0 saturated carbocycles. The Hall–Kier alpha value is -2.09. The van der Waals surface area contributed by atoms with Crippen LogP contribution in [0.3, 0.4) is 0 Å². The van der Waals surface area contributed by atoms with Gasteiger partial charge in [-0.15, -0.1) is 0 Å². The number of nitrogens with one attached hydrogen (secondary N) is 1. The smallest absolute Gasteiger partial charge is 0.220 e. The van der Waals surface area contributed by atoms with Gasteiger partial charge in [0.1, 0.15) is 0 Å². The average Bonchev–Trinajstić information content (AvgIpc) is 2.56. The molecular formula is C22H29NO. The van der Waals surface area contributed by atoms with E-state index in [1.165, 1.54) is 33.4 Å². The van der Waals surface area contributed by atoms with Gasteiger partial charge in [-0.1, -0.05) is 43.3 Å². The molecule has 0 bridgehead atoms. The monoisotopic (exact) mass is 323 g/mol. The second-order valence-electron chi connectivity index (χ2n) is 6.79. The van der Waals surface area contributed by atoms with Crippen molar-refractivity contribution in [2.75, 3.05) is 0 Å². The predicted molar refractivity (Wildman–Crippen MR) is 101 cm³/mol. The van der Waals surface area contributed by atoms with Crippen LogP contribution < -0.4 is 5.32 Å². The van der Waals surface area contributed by atoms with Crippen LogP contribution in [-0.2, 0) is 11.2 Å². The highest BCUT2D eigenvalue weighted by Crippen LogP contribution is 2.20. The van der Waals surface area contributed by atoms with Crippen molar-refractivity contribution in [2.45, 2.75) is 59.9 Å². The Labute approximate surface area is 146 Å². The Bertz CT molecular complexity index is 718.